The van der Waals surface area contributed by atoms with Crippen molar-refractivity contribution >= 4 is 22.6 Å². The van der Waals surface area contributed by atoms with Gasteiger partial charge in [0, 0.05) is 23.1 Å². The number of carboxylic acid groups (broad SMARTS) is 1. The molecule has 4 aromatic rings. The van der Waals surface area contributed by atoms with Gasteiger partial charge in [0.1, 0.15) is 5.82 Å². The molecule has 1 heterocycles. The standard InChI is InChI=1S/C30H29FN2O4/c1-20(22-11-14-25(31)15-12-22)32-29(36)23-13-16-27-24(17-23)18-26(9-5-6-10-28(34)35)33(30(27)37)19-21-7-3-2-4-8-21/h2-4,7-8,11-18,20H,5-6,9-10,19H2,1H3,(H,32,36)(H,34,35). The van der Waals surface area contributed by atoms with Crippen LogP contribution in [0.25, 0.3) is 10.8 Å². The second-order valence-corrected chi connectivity index (χ2v) is 9.16. The van der Waals surface area contributed by atoms with Crippen molar-refractivity contribution in [1.29, 1.82) is 0 Å². The van der Waals surface area contributed by atoms with E-state index in [1.165, 1.54) is 12.1 Å². The van der Waals surface area contributed by atoms with E-state index in [0.717, 1.165) is 16.8 Å². The summed E-state index contributed by atoms with van der Waals surface area (Å²) < 4.78 is 15.0. The van der Waals surface area contributed by atoms with E-state index in [4.69, 9.17) is 5.11 Å². The van der Waals surface area contributed by atoms with Crippen LogP contribution in [-0.4, -0.2) is 21.6 Å². The van der Waals surface area contributed by atoms with E-state index in [0.29, 0.717) is 42.1 Å². The highest BCUT2D eigenvalue weighted by Crippen LogP contribution is 2.19. The number of nitrogens with one attached hydrogen (secondary N) is 1. The first-order valence-corrected chi connectivity index (χ1v) is 12.3. The molecule has 190 valence electrons. The zero-order valence-corrected chi connectivity index (χ0v) is 20.6. The number of hydrogen-bond donors (Lipinski definition) is 2. The van der Waals surface area contributed by atoms with Crippen molar-refractivity contribution in [3.8, 4) is 0 Å². The number of fused-ring (bicyclic) bond motifs is 1. The van der Waals surface area contributed by atoms with Crippen molar-refractivity contribution in [3.05, 3.63) is 117 Å². The number of pyridine rings is 1. The van der Waals surface area contributed by atoms with Gasteiger partial charge in [0.15, 0.2) is 0 Å². The third kappa shape index (κ3) is 6.50. The summed E-state index contributed by atoms with van der Waals surface area (Å²) in [6.07, 6.45) is 1.76. The van der Waals surface area contributed by atoms with Gasteiger partial charge in [-0.1, -0.05) is 42.5 Å². The highest BCUT2D eigenvalue weighted by Gasteiger charge is 2.15. The van der Waals surface area contributed by atoms with E-state index in [1.807, 2.05) is 43.3 Å². The van der Waals surface area contributed by atoms with Crippen molar-refractivity contribution < 1.29 is 19.1 Å². The Balaban J connectivity index is 1.63. The maximum Gasteiger partial charge on any atom is 0.303 e. The number of amides is 1. The Kier molecular flexibility index (Phi) is 8.13. The number of aryl methyl sites for hydroxylation is 1. The fourth-order valence-corrected chi connectivity index (χ4v) is 4.39. The Morgan fingerprint density at radius 1 is 0.973 bits per heavy atom. The third-order valence-corrected chi connectivity index (χ3v) is 6.43. The monoisotopic (exact) mass is 500 g/mol. The molecule has 0 bridgehead atoms. The predicted molar refractivity (Wildman–Crippen MR) is 141 cm³/mol. The molecule has 7 heteroatoms. The molecule has 0 aliphatic carbocycles. The second kappa shape index (κ2) is 11.6. The Morgan fingerprint density at radius 3 is 2.41 bits per heavy atom. The van der Waals surface area contributed by atoms with Crippen molar-refractivity contribution in [2.75, 3.05) is 0 Å². The van der Waals surface area contributed by atoms with Gasteiger partial charge in [0.2, 0.25) is 0 Å². The van der Waals surface area contributed by atoms with Crippen LogP contribution in [0.5, 0.6) is 0 Å². The minimum Gasteiger partial charge on any atom is -0.481 e. The first kappa shape index (κ1) is 25.8. The topological polar surface area (TPSA) is 88.4 Å². The summed E-state index contributed by atoms with van der Waals surface area (Å²) >= 11 is 0. The quantitative estimate of drug-likeness (QED) is 0.282. The maximum atomic E-state index is 13.5. The van der Waals surface area contributed by atoms with Crippen LogP contribution in [0.4, 0.5) is 4.39 Å². The SMILES string of the molecule is CC(NC(=O)c1ccc2c(=O)n(Cc3ccccc3)c(CCCCC(=O)O)cc2c1)c1ccc(F)cc1. The molecule has 1 amide bonds. The Morgan fingerprint density at radius 2 is 1.70 bits per heavy atom. The van der Waals surface area contributed by atoms with Crippen LogP contribution < -0.4 is 10.9 Å². The van der Waals surface area contributed by atoms with Gasteiger partial charge >= 0.3 is 5.97 Å². The lowest BCUT2D eigenvalue weighted by Crippen LogP contribution is -2.27. The molecule has 1 unspecified atom stereocenters. The molecule has 3 aromatic carbocycles. The largest absolute Gasteiger partial charge is 0.481 e. The van der Waals surface area contributed by atoms with Gasteiger partial charge in [-0.05, 0) is 79.1 Å². The second-order valence-electron chi connectivity index (χ2n) is 9.16. The number of carbonyl (C=O) groups excluding carboxylic acids is 1. The number of nitrogens with zero attached hydrogens (tertiary/aromatic N) is 1. The van der Waals surface area contributed by atoms with Crippen LogP contribution in [0.3, 0.4) is 0 Å². The lowest BCUT2D eigenvalue weighted by Gasteiger charge is -2.17. The lowest BCUT2D eigenvalue weighted by molar-refractivity contribution is -0.137. The molecule has 0 fully saturated rings. The van der Waals surface area contributed by atoms with Crippen LogP contribution in [0, 0.1) is 5.82 Å². The number of aromatic nitrogens is 1. The molecule has 0 spiro atoms. The summed E-state index contributed by atoms with van der Waals surface area (Å²) in [5.41, 5.74) is 2.83. The molecule has 0 radical (unpaired) electrons. The van der Waals surface area contributed by atoms with Crippen LogP contribution >= 0.6 is 0 Å². The Labute approximate surface area is 214 Å². The Bertz CT molecular complexity index is 1460. The van der Waals surface area contributed by atoms with Gasteiger partial charge in [-0.3, -0.25) is 14.4 Å². The van der Waals surface area contributed by atoms with E-state index in [2.05, 4.69) is 5.32 Å². The molecule has 4 rings (SSSR count). The number of aliphatic carboxylic acids is 1. The molecule has 2 N–H and O–H groups in total. The zero-order chi connectivity index (χ0) is 26.4. The van der Waals surface area contributed by atoms with Crippen LogP contribution in [0.15, 0.2) is 83.7 Å². The molecule has 37 heavy (non-hydrogen) atoms. The van der Waals surface area contributed by atoms with Crippen molar-refractivity contribution in [2.45, 2.75) is 45.2 Å². The molecule has 6 nitrogen and oxygen atoms in total. The number of benzene rings is 3. The average Bonchev–Trinajstić information content (AvgIpc) is 2.89. The van der Waals surface area contributed by atoms with Crippen LogP contribution in [-0.2, 0) is 17.8 Å². The number of hydrogen-bond acceptors (Lipinski definition) is 3. The van der Waals surface area contributed by atoms with E-state index in [1.54, 1.807) is 34.9 Å². The lowest BCUT2D eigenvalue weighted by atomic mass is 10.0. The first-order chi connectivity index (χ1) is 17.8. The van der Waals surface area contributed by atoms with Crippen molar-refractivity contribution in [2.24, 2.45) is 0 Å². The smallest absolute Gasteiger partial charge is 0.303 e. The van der Waals surface area contributed by atoms with Gasteiger partial charge in [0.25, 0.3) is 11.5 Å². The predicted octanol–water partition coefficient (Wildman–Crippen LogP) is 5.48. The molecule has 0 aliphatic rings. The van der Waals surface area contributed by atoms with Gasteiger partial charge in [-0.25, -0.2) is 4.39 Å². The zero-order valence-electron chi connectivity index (χ0n) is 20.6. The number of rotatable bonds is 10. The van der Waals surface area contributed by atoms with Gasteiger partial charge < -0.3 is 15.0 Å². The van der Waals surface area contributed by atoms with E-state index >= 15 is 0 Å². The van der Waals surface area contributed by atoms with Crippen LogP contribution in [0.1, 0.15) is 59.4 Å². The van der Waals surface area contributed by atoms with E-state index in [-0.39, 0.29) is 29.7 Å². The number of halogens is 1. The fraction of sp³-hybridized carbons (Fsp3) is 0.233. The molecule has 0 aliphatic heterocycles. The first-order valence-electron chi connectivity index (χ1n) is 12.3. The van der Waals surface area contributed by atoms with Gasteiger partial charge in [-0.15, -0.1) is 0 Å². The molecule has 0 saturated heterocycles. The highest BCUT2D eigenvalue weighted by atomic mass is 19.1. The van der Waals surface area contributed by atoms with Gasteiger partial charge in [0.05, 0.1) is 12.6 Å². The summed E-state index contributed by atoms with van der Waals surface area (Å²) in [6.45, 7) is 2.23. The van der Waals surface area contributed by atoms with Crippen LogP contribution in [0.2, 0.25) is 0 Å². The van der Waals surface area contributed by atoms with Crippen molar-refractivity contribution in [1.82, 2.24) is 9.88 Å². The summed E-state index contributed by atoms with van der Waals surface area (Å²) in [5.74, 6) is -1.48. The fourth-order valence-electron chi connectivity index (χ4n) is 4.39. The van der Waals surface area contributed by atoms with E-state index in [9.17, 15) is 18.8 Å². The maximum absolute atomic E-state index is 13.5. The summed E-state index contributed by atoms with van der Waals surface area (Å²) in [5, 5.41) is 13.1. The normalized spacial score (nSPS) is 11.8. The van der Waals surface area contributed by atoms with Crippen molar-refractivity contribution in [3.63, 3.8) is 0 Å². The summed E-state index contributed by atoms with van der Waals surface area (Å²) in [6, 6.07) is 22.3. The number of carbonyl (C=O) groups is 2. The molecular weight excluding hydrogens is 471 g/mol. The molecule has 1 aromatic heterocycles. The van der Waals surface area contributed by atoms with Gasteiger partial charge in [-0.2, -0.15) is 0 Å². The minimum absolute atomic E-state index is 0.0764. The molecular formula is C30H29FN2O4. The molecule has 0 saturated carbocycles. The highest BCUT2D eigenvalue weighted by molar-refractivity contribution is 5.98. The molecule has 1 atom stereocenters. The summed E-state index contributed by atoms with van der Waals surface area (Å²) in [7, 11) is 0. The average molecular weight is 501 g/mol. The number of unbranched alkanes of at least 4 members (excludes halogenated alkanes) is 1. The third-order valence-electron chi connectivity index (χ3n) is 6.43. The Hall–Kier alpha value is -4.26. The minimum atomic E-state index is -0.842. The summed E-state index contributed by atoms with van der Waals surface area (Å²) in [4.78, 5) is 37.4. The number of carboxylic acids is 1. The van der Waals surface area contributed by atoms with E-state index < -0.39 is 5.97 Å².